The fourth-order valence-electron chi connectivity index (χ4n) is 10.1. The van der Waals surface area contributed by atoms with Crippen molar-refractivity contribution in [1.82, 2.24) is 4.90 Å². The molecule has 4 aliphatic rings. The fourth-order valence-corrected chi connectivity index (χ4v) is 10.1. The maximum atomic E-state index is 14.4. The second-order valence-electron chi connectivity index (χ2n) is 19.6. The number of aliphatic hydroxyl groups is 3. The van der Waals surface area contributed by atoms with Gasteiger partial charge >= 0.3 is 5.97 Å². The van der Waals surface area contributed by atoms with Crippen molar-refractivity contribution >= 4 is 29.2 Å². The number of aliphatic hydroxyl groups excluding tert-OH is 2. The van der Waals surface area contributed by atoms with Gasteiger partial charge in [-0.1, -0.05) is 71.1 Å². The number of amides is 1. The van der Waals surface area contributed by atoms with Gasteiger partial charge < -0.3 is 43.9 Å². The first kappa shape index (κ1) is 54.2. The van der Waals surface area contributed by atoms with Crippen LogP contribution in [0.25, 0.3) is 0 Å². The van der Waals surface area contributed by atoms with Crippen molar-refractivity contribution in [2.24, 2.45) is 35.5 Å². The number of nitrogens with zero attached hydrogens (tertiary/aromatic N) is 1. The van der Waals surface area contributed by atoms with Crippen molar-refractivity contribution in [1.29, 1.82) is 0 Å². The maximum Gasteiger partial charge on any atom is 0.329 e. The average Bonchev–Trinajstić information content (AvgIpc) is 3.28. The van der Waals surface area contributed by atoms with Crippen molar-refractivity contribution in [2.45, 2.75) is 180 Å². The van der Waals surface area contributed by atoms with E-state index in [0.29, 0.717) is 63.4 Å². The number of ketones is 3. The highest BCUT2D eigenvalue weighted by atomic mass is 16.6. The Hall–Kier alpha value is -3.37. The highest BCUT2D eigenvalue weighted by molar-refractivity contribution is 6.39. The number of hydrogen-bond acceptors (Lipinski definition) is 13. The summed E-state index contributed by atoms with van der Waals surface area (Å²) in [6.45, 7) is 12.7. The van der Waals surface area contributed by atoms with E-state index in [1.165, 1.54) is 12.0 Å². The Morgan fingerprint density at radius 1 is 0.846 bits per heavy atom. The molecule has 0 unspecified atom stereocenters. The zero-order valence-electron chi connectivity index (χ0n) is 40.6. The molecule has 0 radical (unpaired) electrons. The van der Waals surface area contributed by atoms with E-state index < -0.39 is 83.9 Å². The van der Waals surface area contributed by atoms with Crippen LogP contribution in [0.5, 0.6) is 0 Å². The van der Waals surface area contributed by atoms with Gasteiger partial charge in [-0.25, -0.2) is 4.79 Å². The SMILES string of the molecule is CO[C@H]1C[C@@H]2CC[C@@H](C)[C@@](O)(O2)C(=O)C(=O)N2CCCC[C@H]2C(=O)O[C@H]([C@H](C)C[C@H]2CC[C@@H](O)[C@H](OC)C2)CC(=O)[C@H](C)/C=C(\C)[C@@H](O)[C@@H](OC)C(=O)[C@H](C)C[C@H](C)/C=C/C=C/C=C/1C. The van der Waals surface area contributed by atoms with E-state index in [0.717, 1.165) is 12.0 Å². The van der Waals surface area contributed by atoms with E-state index in [1.807, 2.05) is 58.1 Å². The van der Waals surface area contributed by atoms with Crippen LogP contribution >= 0.6 is 0 Å². The van der Waals surface area contributed by atoms with Crippen LogP contribution in [0.15, 0.2) is 47.6 Å². The van der Waals surface area contributed by atoms with E-state index in [9.17, 15) is 39.3 Å². The lowest BCUT2D eigenvalue weighted by Crippen LogP contribution is -2.61. The molecule has 3 N–H and O–H groups in total. The Morgan fingerprint density at radius 3 is 2.25 bits per heavy atom. The van der Waals surface area contributed by atoms with Crippen molar-refractivity contribution in [3.63, 3.8) is 0 Å². The summed E-state index contributed by atoms with van der Waals surface area (Å²) in [5, 5.41) is 33.8. The Bertz CT molecular complexity index is 1760. The topological polar surface area (TPSA) is 195 Å². The molecule has 1 aliphatic carbocycles. The molecule has 2 saturated heterocycles. The number of methoxy groups -OCH3 is 3. The largest absolute Gasteiger partial charge is 0.460 e. The van der Waals surface area contributed by atoms with Gasteiger partial charge in [-0.15, -0.1) is 0 Å². The Morgan fingerprint density at radius 2 is 1.57 bits per heavy atom. The lowest BCUT2D eigenvalue weighted by Gasteiger charge is -2.42. The normalized spacial score (nSPS) is 40.4. The van der Waals surface area contributed by atoms with E-state index in [-0.39, 0.29) is 54.8 Å². The van der Waals surface area contributed by atoms with Crippen molar-refractivity contribution in [3.8, 4) is 0 Å². The second-order valence-corrected chi connectivity index (χ2v) is 19.6. The van der Waals surface area contributed by atoms with Gasteiger partial charge in [0.2, 0.25) is 5.79 Å². The van der Waals surface area contributed by atoms with Crippen LogP contribution < -0.4 is 0 Å². The first-order valence-corrected chi connectivity index (χ1v) is 23.9. The molecule has 3 fully saturated rings. The van der Waals surface area contributed by atoms with Crippen molar-refractivity contribution in [2.75, 3.05) is 27.9 Å². The summed E-state index contributed by atoms with van der Waals surface area (Å²) in [5.74, 6) is -7.96. The molecule has 3 aliphatic heterocycles. The Labute approximate surface area is 387 Å². The van der Waals surface area contributed by atoms with Gasteiger partial charge in [-0.3, -0.25) is 19.2 Å². The molecular weight excluding hydrogens is 835 g/mol. The van der Waals surface area contributed by atoms with Gasteiger partial charge in [0.25, 0.3) is 11.7 Å². The predicted octanol–water partition coefficient (Wildman–Crippen LogP) is 6.18. The number of fused-ring (bicyclic) bond motifs is 3. The van der Waals surface area contributed by atoms with Crippen molar-refractivity contribution in [3.05, 3.63) is 47.6 Å². The van der Waals surface area contributed by atoms with Crippen LogP contribution in [0, 0.1) is 35.5 Å². The van der Waals surface area contributed by atoms with Gasteiger partial charge in [0, 0.05) is 58.5 Å². The molecule has 366 valence electrons. The molecule has 65 heavy (non-hydrogen) atoms. The molecule has 0 aromatic rings. The summed E-state index contributed by atoms with van der Waals surface area (Å²) < 4.78 is 29.4. The zero-order chi connectivity index (χ0) is 48.2. The third-order valence-electron chi connectivity index (χ3n) is 14.5. The van der Waals surface area contributed by atoms with E-state index in [4.69, 9.17) is 23.7 Å². The fraction of sp³-hybridized carbons (Fsp3) is 0.745. The van der Waals surface area contributed by atoms with Crippen LogP contribution in [0.2, 0.25) is 0 Å². The number of rotatable bonds is 6. The summed E-state index contributed by atoms with van der Waals surface area (Å²) in [4.78, 5) is 71.8. The van der Waals surface area contributed by atoms with Gasteiger partial charge in [-0.2, -0.15) is 0 Å². The quantitative estimate of drug-likeness (QED) is 0.156. The van der Waals surface area contributed by atoms with Crippen molar-refractivity contribution < 1.29 is 63.0 Å². The molecule has 4 rings (SSSR count). The molecular formula is C51H79NO13. The molecule has 0 aromatic carbocycles. The van der Waals surface area contributed by atoms with Gasteiger partial charge in [0.1, 0.15) is 30.1 Å². The van der Waals surface area contributed by atoms with Crippen LogP contribution in [0.1, 0.15) is 126 Å². The van der Waals surface area contributed by atoms with E-state index in [1.54, 1.807) is 41.1 Å². The number of allylic oxidation sites excluding steroid dienone is 6. The number of Topliss-reactive ketones (excluding diaryl/α,β-unsaturated/α-hetero) is 3. The minimum atomic E-state index is -2.43. The number of cyclic esters (lactones) is 1. The monoisotopic (exact) mass is 914 g/mol. The molecule has 1 saturated carbocycles. The highest BCUT2D eigenvalue weighted by Gasteiger charge is 2.53. The first-order chi connectivity index (χ1) is 30.7. The van der Waals surface area contributed by atoms with Crippen LogP contribution in [-0.4, -0.2) is 132 Å². The summed E-state index contributed by atoms with van der Waals surface area (Å²) in [6, 6.07) is -1.14. The van der Waals surface area contributed by atoms with Crippen LogP contribution in [-0.2, 0) is 47.7 Å². The predicted molar refractivity (Wildman–Crippen MR) is 245 cm³/mol. The van der Waals surface area contributed by atoms with Gasteiger partial charge in [0.15, 0.2) is 5.78 Å². The zero-order valence-corrected chi connectivity index (χ0v) is 40.6. The molecule has 15 atom stereocenters. The lowest BCUT2D eigenvalue weighted by molar-refractivity contribution is -0.265. The summed E-state index contributed by atoms with van der Waals surface area (Å²) in [7, 11) is 4.52. The molecule has 3 heterocycles. The minimum absolute atomic E-state index is 0.0193. The standard InChI is InChI=1S/C51H79NO13/c1-30-16-12-11-13-17-31(2)42(61-8)28-38-21-19-36(7)51(60,65-38)48(57)49(58)52-23-15-14-18-39(52)50(59)64-43(33(4)26-37-20-22-40(53)44(27-37)62-9)29-41(54)32(3)25-35(6)46(56)47(63-10)45(55)34(5)24-30/h11-13,16-17,25,30,32-34,36-40,42-44,46-47,53,56,60H,14-15,18-24,26-29H2,1-10H3/b13-11+,16-12+,31-17+,35-25+/t30-,32-,33-,34-,36-,37-,38+,39+,40-,42+,43+,44-,46-,47+,51-/m1/s1. The molecule has 14 nitrogen and oxygen atoms in total. The number of esters is 1. The van der Waals surface area contributed by atoms with Crippen LogP contribution in [0.3, 0.4) is 0 Å². The van der Waals surface area contributed by atoms with Crippen LogP contribution in [0.4, 0.5) is 0 Å². The number of piperidine rings is 1. The number of carbonyl (C=O) groups is 5. The molecule has 1 amide bonds. The summed E-state index contributed by atoms with van der Waals surface area (Å²) >= 11 is 0. The third kappa shape index (κ3) is 14.3. The summed E-state index contributed by atoms with van der Waals surface area (Å²) in [6.07, 6.45) is 11.2. The van der Waals surface area contributed by atoms with E-state index in [2.05, 4.69) is 0 Å². The summed E-state index contributed by atoms with van der Waals surface area (Å²) in [5.41, 5.74) is 1.27. The highest BCUT2D eigenvalue weighted by Crippen LogP contribution is 2.38. The van der Waals surface area contributed by atoms with E-state index >= 15 is 0 Å². The van der Waals surface area contributed by atoms with Gasteiger partial charge in [-0.05, 0) is 107 Å². The molecule has 2 bridgehead atoms. The second kappa shape index (κ2) is 25.1. The molecule has 0 aromatic heterocycles. The first-order valence-electron chi connectivity index (χ1n) is 23.9. The van der Waals surface area contributed by atoms with Gasteiger partial charge in [0.05, 0.1) is 24.4 Å². The number of hydrogen-bond donors (Lipinski definition) is 3. The number of ether oxygens (including phenoxy) is 5. The number of carbonyl (C=O) groups excluding carboxylic acids is 5. The Balaban J connectivity index is 1.70. The molecule has 0 spiro atoms. The lowest BCUT2D eigenvalue weighted by atomic mass is 9.78. The Kier molecular flexibility index (Phi) is 21.0. The molecule has 14 heteroatoms. The maximum absolute atomic E-state index is 14.4. The third-order valence-corrected chi connectivity index (χ3v) is 14.5. The average molecular weight is 914 g/mol. The smallest absolute Gasteiger partial charge is 0.329 e. The minimum Gasteiger partial charge on any atom is -0.460 e.